The van der Waals surface area contributed by atoms with Gasteiger partial charge in [0, 0.05) is 21.8 Å². The number of fused-ring (bicyclic) bond motifs is 2. The Morgan fingerprint density at radius 2 is 1.63 bits per heavy atom. The van der Waals surface area contributed by atoms with E-state index in [0.717, 1.165) is 38.9 Å². The lowest BCUT2D eigenvalue weighted by atomic mass is 9.69. The van der Waals surface area contributed by atoms with E-state index in [-0.39, 0.29) is 11.2 Å². The number of allylic oxidation sites excluding steroid dienone is 1. The Morgan fingerprint density at radius 1 is 0.947 bits per heavy atom. The summed E-state index contributed by atoms with van der Waals surface area (Å²) in [6.45, 7) is 1.52. The smallest absolute Gasteiger partial charge is 0.168 e. The first-order valence-electron chi connectivity index (χ1n) is 6.99. The van der Waals surface area contributed by atoms with E-state index in [1.165, 1.54) is 14.7 Å². The molecule has 2 spiro atoms. The highest BCUT2D eigenvalue weighted by Gasteiger charge is 2.50. The maximum Gasteiger partial charge on any atom is 0.168 e. The predicted molar refractivity (Wildman–Crippen MR) is 83.2 cm³/mol. The van der Waals surface area contributed by atoms with Crippen molar-refractivity contribution < 1.29 is 9.47 Å². The highest BCUT2D eigenvalue weighted by atomic mass is 127. The van der Waals surface area contributed by atoms with Crippen LogP contribution in [0.15, 0.2) is 27.8 Å². The van der Waals surface area contributed by atoms with E-state index < -0.39 is 0 Å². The molecule has 1 aromatic rings. The van der Waals surface area contributed by atoms with Crippen molar-refractivity contribution in [1.82, 2.24) is 0 Å². The molecule has 3 heteroatoms. The van der Waals surface area contributed by atoms with Crippen LogP contribution in [0, 0.1) is 0 Å². The molecule has 2 fully saturated rings. The van der Waals surface area contributed by atoms with Crippen LogP contribution < -0.4 is 0 Å². The molecule has 4 rings (SSSR count). The fourth-order valence-corrected chi connectivity index (χ4v) is 4.98. The van der Waals surface area contributed by atoms with Crippen molar-refractivity contribution in [2.75, 3.05) is 13.2 Å². The SMILES string of the molecule is IC1=Cc2ccccc2C12CCC1(CC2)OCCO1. The van der Waals surface area contributed by atoms with E-state index in [0.29, 0.717) is 0 Å². The second kappa shape index (κ2) is 4.30. The lowest BCUT2D eigenvalue weighted by Crippen LogP contribution is -2.41. The molecule has 2 nitrogen and oxygen atoms in total. The number of halogens is 1. The maximum absolute atomic E-state index is 5.86. The number of ether oxygens (including phenoxy) is 2. The van der Waals surface area contributed by atoms with Gasteiger partial charge in [-0.3, -0.25) is 0 Å². The molecule has 0 aromatic heterocycles. The first-order chi connectivity index (χ1) is 9.24. The summed E-state index contributed by atoms with van der Waals surface area (Å²) in [6, 6.07) is 8.82. The summed E-state index contributed by atoms with van der Waals surface area (Å²) in [5.41, 5.74) is 3.14. The summed E-state index contributed by atoms with van der Waals surface area (Å²) in [7, 11) is 0. The van der Waals surface area contributed by atoms with E-state index in [4.69, 9.17) is 9.47 Å². The zero-order valence-corrected chi connectivity index (χ0v) is 13.0. The molecule has 0 N–H and O–H groups in total. The molecule has 19 heavy (non-hydrogen) atoms. The number of hydrogen-bond donors (Lipinski definition) is 0. The summed E-state index contributed by atoms with van der Waals surface area (Å²) in [5.74, 6) is -0.264. The Hall–Kier alpha value is -0.390. The third kappa shape index (κ3) is 1.74. The Kier molecular flexibility index (Phi) is 2.80. The molecular formula is C16H17IO2. The van der Waals surface area contributed by atoms with Crippen molar-refractivity contribution >= 4 is 28.7 Å². The summed E-state index contributed by atoms with van der Waals surface area (Å²) in [4.78, 5) is 0. The minimum Gasteiger partial charge on any atom is -0.348 e. The van der Waals surface area contributed by atoms with E-state index in [2.05, 4.69) is 52.9 Å². The monoisotopic (exact) mass is 368 g/mol. The third-order valence-corrected chi connectivity index (χ3v) is 6.24. The number of rotatable bonds is 0. The van der Waals surface area contributed by atoms with Crippen molar-refractivity contribution in [3.8, 4) is 0 Å². The van der Waals surface area contributed by atoms with Gasteiger partial charge in [-0.1, -0.05) is 24.3 Å². The van der Waals surface area contributed by atoms with E-state index in [1.54, 1.807) is 0 Å². The lowest BCUT2D eigenvalue weighted by Gasteiger charge is -2.42. The summed E-state index contributed by atoms with van der Waals surface area (Å²) in [6.07, 6.45) is 6.66. The highest BCUT2D eigenvalue weighted by molar-refractivity contribution is 14.1. The third-order valence-electron chi connectivity index (χ3n) is 4.89. The number of hydrogen-bond acceptors (Lipinski definition) is 2. The molecule has 1 saturated heterocycles. The Balaban J connectivity index is 1.68. The largest absolute Gasteiger partial charge is 0.348 e. The van der Waals surface area contributed by atoms with Crippen LogP contribution in [-0.4, -0.2) is 19.0 Å². The molecule has 1 heterocycles. The van der Waals surface area contributed by atoms with Crippen LogP contribution in [0.4, 0.5) is 0 Å². The molecule has 100 valence electrons. The molecule has 0 bridgehead atoms. The van der Waals surface area contributed by atoms with Gasteiger partial charge in [0.2, 0.25) is 0 Å². The van der Waals surface area contributed by atoms with E-state index in [9.17, 15) is 0 Å². The highest BCUT2D eigenvalue weighted by Crippen LogP contribution is 2.56. The first kappa shape index (κ1) is 12.4. The predicted octanol–water partition coefficient (Wildman–Crippen LogP) is 4.03. The molecule has 0 atom stereocenters. The second-order valence-corrected chi connectivity index (χ2v) is 6.93. The maximum atomic E-state index is 5.86. The molecule has 0 unspecified atom stereocenters. The van der Waals surface area contributed by atoms with Gasteiger partial charge in [0.25, 0.3) is 0 Å². The van der Waals surface area contributed by atoms with Gasteiger partial charge in [-0.05, 0) is 52.6 Å². The molecule has 1 aliphatic heterocycles. The quantitative estimate of drug-likeness (QED) is 0.644. The van der Waals surface area contributed by atoms with Gasteiger partial charge < -0.3 is 9.47 Å². The summed E-state index contributed by atoms with van der Waals surface area (Å²) in [5, 5.41) is 0. The number of benzene rings is 1. The first-order valence-corrected chi connectivity index (χ1v) is 8.07. The molecule has 0 amide bonds. The van der Waals surface area contributed by atoms with E-state index >= 15 is 0 Å². The van der Waals surface area contributed by atoms with Crippen LogP contribution >= 0.6 is 22.6 Å². The fourth-order valence-electron chi connectivity index (χ4n) is 3.81. The minimum absolute atomic E-state index is 0.234. The second-order valence-electron chi connectivity index (χ2n) is 5.77. The Bertz CT molecular complexity index is 533. The van der Waals surface area contributed by atoms with Gasteiger partial charge in [-0.15, -0.1) is 0 Å². The topological polar surface area (TPSA) is 18.5 Å². The van der Waals surface area contributed by atoms with Gasteiger partial charge in [0.15, 0.2) is 5.79 Å². The average Bonchev–Trinajstić information content (AvgIpc) is 2.99. The lowest BCUT2D eigenvalue weighted by molar-refractivity contribution is -0.182. The molecule has 1 saturated carbocycles. The molecular weight excluding hydrogens is 351 g/mol. The van der Waals surface area contributed by atoms with Gasteiger partial charge in [-0.25, -0.2) is 0 Å². The van der Waals surface area contributed by atoms with Gasteiger partial charge >= 0.3 is 0 Å². The summed E-state index contributed by atoms with van der Waals surface area (Å²) >= 11 is 2.53. The van der Waals surface area contributed by atoms with Gasteiger partial charge in [0.1, 0.15) is 0 Å². The molecule has 0 radical (unpaired) electrons. The van der Waals surface area contributed by atoms with Crippen molar-refractivity contribution in [1.29, 1.82) is 0 Å². The van der Waals surface area contributed by atoms with Crippen LogP contribution in [0.3, 0.4) is 0 Å². The summed E-state index contributed by atoms with van der Waals surface area (Å²) < 4.78 is 13.2. The standard InChI is InChI=1S/C16H17IO2/c17-14-11-12-3-1-2-4-13(12)15(14)5-7-16(8-6-15)18-9-10-19-16/h1-4,11H,5-10H2. The molecule has 3 aliphatic rings. The molecule has 2 aliphatic carbocycles. The van der Waals surface area contributed by atoms with Crippen molar-refractivity contribution in [2.45, 2.75) is 36.9 Å². The molecule has 1 aromatic carbocycles. The normalized spacial score (nSPS) is 26.7. The van der Waals surface area contributed by atoms with E-state index in [1.807, 2.05) is 0 Å². The van der Waals surface area contributed by atoms with Crippen LogP contribution in [0.25, 0.3) is 6.08 Å². The van der Waals surface area contributed by atoms with Crippen LogP contribution in [0.1, 0.15) is 36.8 Å². The van der Waals surface area contributed by atoms with Gasteiger partial charge in [-0.2, -0.15) is 0 Å². The van der Waals surface area contributed by atoms with Gasteiger partial charge in [0.05, 0.1) is 13.2 Å². The average molecular weight is 368 g/mol. The minimum atomic E-state index is -0.264. The Morgan fingerprint density at radius 3 is 2.37 bits per heavy atom. The van der Waals surface area contributed by atoms with Crippen LogP contribution in [-0.2, 0) is 14.9 Å². The van der Waals surface area contributed by atoms with Crippen molar-refractivity contribution in [2.24, 2.45) is 0 Å². The van der Waals surface area contributed by atoms with Crippen molar-refractivity contribution in [3.63, 3.8) is 0 Å². The zero-order valence-electron chi connectivity index (χ0n) is 10.8. The Labute approximate surface area is 127 Å². The fraction of sp³-hybridized carbons (Fsp3) is 0.500. The van der Waals surface area contributed by atoms with Crippen molar-refractivity contribution in [3.05, 3.63) is 39.0 Å². The zero-order chi connectivity index (χ0) is 12.9. The van der Waals surface area contributed by atoms with Crippen LogP contribution in [0.2, 0.25) is 0 Å². The van der Waals surface area contributed by atoms with Crippen LogP contribution in [0.5, 0.6) is 0 Å².